The smallest absolute Gasteiger partial charge is 0.180 e. The van der Waals surface area contributed by atoms with Gasteiger partial charge >= 0.3 is 0 Å². The van der Waals surface area contributed by atoms with Crippen LogP contribution in [-0.2, 0) is 0 Å². The van der Waals surface area contributed by atoms with E-state index >= 15 is 0 Å². The van der Waals surface area contributed by atoms with Crippen LogP contribution in [-0.4, -0.2) is 10.8 Å². The number of rotatable bonds is 3. The molecular weight excluding hydrogens is 292 g/mol. The molecule has 0 amide bonds. The maximum atomic E-state index is 12.3. The molecule has 1 unspecified atom stereocenters. The van der Waals surface area contributed by atoms with Gasteiger partial charge < -0.3 is 5.73 Å². The van der Waals surface area contributed by atoms with Crippen molar-refractivity contribution >= 4 is 27.5 Å². The number of pyridine rings is 1. The minimum absolute atomic E-state index is 0.0179. The monoisotopic (exact) mass is 304 g/mol. The van der Waals surface area contributed by atoms with Crippen molar-refractivity contribution in [3.63, 3.8) is 0 Å². The molecule has 2 rings (SSSR count). The number of aromatic nitrogens is 1. The first-order valence-corrected chi connectivity index (χ1v) is 6.46. The molecule has 0 aliphatic rings. The van der Waals surface area contributed by atoms with Crippen LogP contribution in [0.2, 0.25) is 0 Å². The minimum Gasteiger partial charge on any atom is -0.384 e. The number of carbonyl (C=O) groups excluding carboxylic acids is 1. The Kier molecular flexibility index (Phi) is 3.77. The number of nitrogens with zero attached hydrogens (tertiary/aromatic N) is 1. The molecule has 0 spiro atoms. The lowest BCUT2D eigenvalue weighted by Crippen LogP contribution is -2.08. The number of carbonyl (C=O) groups is 1. The summed E-state index contributed by atoms with van der Waals surface area (Å²) in [4.78, 5) is 15.8. The van der Waals surface area contributed by atoms with Gasteiger partial charge in [-0.2, -0.15) is 0 Å². The second-order valence-corrected chi connectivity index (χ2v) is 5.03. The average Bonchev–Trinajstić information content (AvgIpc) is 2.37. The Morgan fingerprint density at radius 3 is 2.78 bits per heavy atom. The van der Waals surface area contributed by atoms with Crippen LogP contribution >= 0.6 is 15.9 Å². The van der Waals surface area contributed by atoms with Gasteiger partial charge in [-0.25, -0.2) is 4.98 Å². The second-order valence-electron chi connectivity index (χ2n) is 4.11. The summed E-state index contributed by atoms with van der Waals surface area (Å²) in [6.07, 6.45) is 1.60. The number of nitrogens with two attached hydrogens (primary N) is 1. The number of halogens is 1. The van der Waals surface area contributed by atoms with Gasteiger partial charge in [-0.15, -0.1) is 0 Å². The molecule has 0 saturated carbocycles. The number of anilines is 1. The number of nitrogen functional groups attached to an aromatic ring is 1. The molecule has 3 nitrogen and oxygen atoms in total. The van der Waals surface area contributed by atoms with Crippen LogP contribution in [0, 0.1) is 6.92 Å². The summed E-state index contributed by atoms with van der Waals surface area (Å²) in [5, 5.41) is 0. The molecule has 2 aromatic rings. The first kappa shape index (κ1) is 12.8. The summed E-state index contributed by atoms with van der Waals surface area (Å²) in [5.74, 6) is 0.429. The number of Topliss-reactive ketones (excluding diaryl/α,β-unsaturated/α-hetero) is 1. The van der Waals surface area contributed by atoms with E-state index in [2.05, 4.69) is 20.9 Å². The van der Waals surface area contributed by atoms with Gasteiger partial charge in [0.25, 0.3) is 0 Å². The molecule has 2 N–H and O–H groups in total. The third-order valence-electron chi connectivity index (χ3n) is 2.63. The van der Waals surface area contributed by atoms with Gasteiger partial charge in [0.05, 0.1) is 0 Å². The number of hydrogen-bond acceptors (Lipinski definition) is 3. The maximum Gasteiger partial charge on any atom is 0.180 e. The first-order chi connectivity index (χ1) is 8.58. The Hall–Kier alpha value is -1.68. The summed E-state index contributed by atoms with van der Waals surface area (Å²) in [6.45, 7) is 1.96. The molecule has 1 atom stereocenters. The summed E-state index contributed by atoms with van der Waals surface area (Å²) in [5.41, 5.74) is 8.18. The highest BCUT2D eigenvalue weighted by Gasteiger charge is 2.19. The third kappa shape index (κ3) is 2.76. The van der Waals surface area contributed by atoms with E-state index in [-0.39, 0.29) is 5.78 Å². The van der Waals surface area contributed by atoms with Gasteiger partial charge in [-0.05, 0) is 30.7 Å². The molecule has 1 heterocycles. The predicted octanol–water partition coefficient (Wildman–Crippen LogP) is 3.29. The van der Waals surface area contributed by atoms with Crippen LogP contribution < -0.4 is 5.73 Å². The van der Waals surface area contributed by atoms with Gasteiger partial charge in [0, 0.05) is 11.8 Å². The van der Waals surface area contributed by atoms with Crippen molar-refractivity contribution in [2.75, 3.05) is 5.73 Å². The Labute approximate surface area is 114 Å². The number of benzene rings is 1. The molecule has 0 radical (unpaired) electrons. The van der Waals surface area contributed by atoms with Crippen molar-refractivity contribution in [1.82, 2.24) is 4.98 Å². The van der Waals surface area contributed by atoms with Gasteiger partial charge in [0.15, 0.2) is 5.78 Å². The standard InChI is InChI=1S/C14H13BrN2O/c1-9-3-2-4-11(7-9)14(18)13(15)10-5-6-17-12(16)8-10/h2-8,13H,1H3,(H2,16,17). The highest BCUT2D eigenvalue weighted by Crippen LogP contribution is 2.27. The van der Waals surface area contributed by atoms with E-state index in [1.807, 2.05) is 31.2 Å². The lowest BCUT2D eigenvalue weighted by molar-refractivity contribution is 0.0991. The largest absolute Gasteiger partial charge is 0.384 e. The zero-order chi connectivity index (χ0) is 13.1. The van der Waals surface area contributed by atoms with E-state index < -0.39 is 4.83 Å². The van der Waals surface area contributed by atoms with Gasteiger partial charge in [-0.1, -0.05) is 39.7 Å². The van der Waals surface area contributed by atoms with Crippen LogP contribution in [0.1, 0.15) is 26.3 Å². The zero-order valence-electron chi connectivity index (χ0n) is 9.93. The van der Waals surface area contributed by atoms with Crippen LogP contribution in [0.3, 0.4) is 0 Å². The molecule has 0 bridgehead atoms. The van der Waals surface area contributed by atoms with Crippen LogP contribution in [0.15, 0.2) is 42.6 Å². The van der Waals surface area contributed by atoms with E-state index in [0.717, 1.165) is 11.1 Å². The average molecular weight is 305 g/mol. The molecule has 18 heavy (non-hydrogen) atoms. The SMILES string of the molecule is Cc1cccc(C(=O)C(Br)c2ccnc(N)c2)c1. The fourth-order valence-corrected chi connectivity index (χ4v) is 2.27. The quantitative estimate of drug-likeness (QED) is 0.699. The number of alkyl halides is 1. The van der Waals surface area contributed by atoms with Crippen molar-refractivity contribution in [3.8, 4) is 0 Å². The molecule has 4 heteroatoms. The molecule has 0 aliphatic carbocycles. The van der Waals surface area contributed by atoms with Crippen LogP contribution in [0.5, 0.6) is 0 Å². The Bertz CT molecular complexity index is 584. The molecule has 0 saturated heterocycles. The molecule has 1 aromatic heterocycles. The Balaban J connectivity index is 2.29. The lowest BCUT2D eigenvalue weighted by Gasteiger charge is -2.10. The molecule has 92 valence electrons. The molecule has 0 fully saturated rings. The maximum absolute atomic E-state index is 12.3. The third-order valence-corrected chi connectivity index (χ3v) is 3.58. The Morgan fingerprint density at radius 1 is 1.33 bits per heavy atom. The predicted molar refractivity (Wildman–Crippen MR) is 75.8 cm³/mol. The highest BCUT2D eigenvalue weighted by molar-refractivity contribution is 9.09. The highest BCUT2D eigenvalue weighted by atomic mass is 79.9. The van der Waals surface area contributed by atoms with Crippen molar-refractivity contribution in [1.29, 1.82) is 0 Å². The lowest BCUT2D eigenvalue weighted by atomic mass is 10.0. The van der Waals surface area contributed by atoms with E-state index in [4.69, 9.17) is 5.73 Å². The molecular formula is C14H13BrN2O. The van der Waals surface area contributed by atoms with Crippen molar-refractivity contribution in [2.24, 2.45) is 0 Å². The fraction of sp³-hybridized carbons (Fsp3) is 0.143. The molecule has 0 aliphatic heterocycles. The first-order valence-electron chi connectivity index (χ1n) is 5.54. The van der Waals surface area contributed by atoms with Crippen molar-refractivity contribution < 1.29 is 4.79 Å². The normalized spacial score (nSPS) is 12.1. The van der Waals surface area contributed by atoms with Gasteiger partial charge in [0.1, 0.15) is 10.6 Å². The van der Waals surface area contributed by atoms with E-state index in [1.165, 1.54) is 0 Å². The number of hydrogen-bond donors (Lipinski definition) is 1. The zero-order valence-corrected chi connectivity index (χ0v) is 11.5. The second kappa shape index (κ2) is 5.31. The van der Waals surface area contributed by atoms with Crippen LogP contribution in [0.4, 0.5) is 5.82 Å². The van der Waals surface area contributed by atoms with E-state index in [0.29, 0.717) is 11.4 Å². The molecule has 1 aromatic carbocycles. The van der Waals surface area contributed by atoms with Gasteiger partial charge in [-0.3, -0.25) is 4.79 Å². The van der Waals surface area contributed by atoms with Gasteiger partial charge in [0.2, 0.25) is 0 Å². The Morgan fingerprint density at radius 2 is 2.11 bits per heavy atom. The summed E-state index contributed by atoms with van der Waals surface area (Å²) in [6, 6.07) is 11.0. The van der Waals surface area contributed by atoms with E-state index in [9.17, 15) is 4.79 Å². The number of ketones is 1. The van der Waals surface area contributed by atoms with Crippen LogP contribution in [0.25, 0.3) is 0 Å². The van der Waals surface area contributed by atoms with Crippen molar-refractivity contribution in [3.05, 3.63) is 59.3 Å². The minimum atomic E-state index is -0.399. The number of aryl methyl sites for hydroxylation is 1. The van der Waals surface area contributed by atoms with Crippen molar-refractivity contribution in [2.45, 2.75) is 11.8 Å². The summed E-state index contributed by atoms with van der Waals surface area (Å²) >= 11 is 3.41. The summed E-state index contributed by atoms with van der Waals surface area (Å²) < 4.78 is 0. The fourth-order valence-electron chi connectivity index (χ4n) is 1.72. The van der Waals surface area contributed by atoms with E-state index in [1.54, 1.807) is 18.3 Å². The topological polar surface area (TPSA) is 56.0 Å². The summed E-state index contributed by atoms with van der Waals surface area (Å²) in [7, 11) is 0.